The minimum Gasteiger partial charge on any atom is -0.378 e. The molecule has 1 aromatic heterocycles. The van der Waals surface area contributed by atoms with Crippen LogP contribution >= 0.6 is 0 Å². The quantitative estimate of drug-likeness (QED) is 0.834. The van der Waals surface area contributed by atoms with Crippen LogP contribution in [0.4, 0.5) is 5.82 Å². The Hall–Kier alpha value is -1.82. The topological polar surface area (TPSA) is 61.8 Å². The third-order valence-corrected chi connectivity index (χ3v) is 3.50. The molecular formula is C14H21N5O. The van der Waals surface area contributed by atoms with Crippen molar-refractivity contribution in [2.75, 3.05) is 44.3 Å². The first-order chi connectivity index (χ1) is 9.92. The Kier molecular flexibility index (Phi) is 4.32. The minimum absolute atomic E-state index is 0.752. The van der Waals surface area contributed by atoms with E-state index in [4.69, 9.17) is 4.74 Å². The van der Waals surface area contributed by atoms with Crippen molar-refractivity contribution in [3.05, 3.63) is 23.9 Å². The molecule has 3 rings (SSSR count). The van der Waals surface area contributed by atoms with Crippen LogP contribution in [-0.2, 0) is 11.3 Å². The van der Waals surface area contributed by atoms with Crippen LogP contribution in [0.1, 0.15) is 12.0 Å². The van der Waals surface area contributed by atoms with E-state index in [-0.39, 0.29) is 0 Å². The highest BCUT2D eigenvalue weighted by Gasteiger charge is 2.12. The van der Waals surface area contributed by atoms with E-state index in [1.54, 1.807) is 0 Å². The Morgan fingerprint density at radius 2 is 2.20 bits per heavy atom. The van der Waals surface area contributed by atoms with E-state index in [2.05, 4.69) is 37.6 Å². The van der Waals surface area contributed by atoms with Gasteiger partial charge >= 0.3 is 0 Å². The van der Waals surface area contributed by atoms with Gasteiger partial charge in [0, 0.05) is 38.9 Å². The molecule has 1 saturated heterocycles. The summed E-state index contributed by atoms with van der Waals surface area (Å²) in [5.41, 5.74) is 1.16. The van der Waals surface area contributed by atoms with E-state index >= 15 is 0 Å². The summed E-state index contributed by atoms with van der Waals surface area (Å²) >= 11 is 0. The van der Waals surface area contributed by atoms with Gasteiger partial charge in [-0.15, -0.1) is 0 Å². The van der Waals surface area contributed by atoms with Crippen LogP contribution in [0.15, 0.2) is 23.3 Å². The maximum absolute atomic E-state index is 5.35. The molecule has 2 aliphatic heterocycles. The fourth-order valence-corrected chi connectivity index (χ4v) is 2.34. The number of anilines is 1. The zero-order chi connectivity index (χ0) is 13.6. The van der Waals surface area contributed by atoms with Gasteiger partial charge in [-0.2, -0.15) is 0 Å². The number of nitrogens with one attached hydrogen (secondary N) is 2. The minimum atomic E-state index is 0.752. The lowest BCUT2D eigenvalue weighted by atomic mass is 10.2. The molecule has 2 N–H and O–H groups in total. The maximum Gasteiger partial charge on any atom is 0.191 e. The summed E-state index contributed by atoms with van der Waals surface area (Å²) < 4.78 is 5.35. The van der Waals surface area contributed by atoms with Crippen LogP contribution in [0.2, 0.25) is 0 Å². The molecule has 6 nitrogen and oxygen atoms in total. The van der Waals surface area contributed by atoms with Crippen molar-refractivity contribution >= 4 is 11.8 Å². The molecular weight excluding hydrogens is 254 g/mol. The summed E-state index contributed by atoms with van der Waals surface area (Å²) in [5, 5.41) is 6.55. The van der Waals surface area contributed by atoms with Gasteiger partial charge in [0.25, 0.3) is 0 Å². The molecule has 2 aliphatic rings. The molecule has 0 radical (unpaired) electrons. The third-order valence-electron chi connectivity index (χ3n) is 3.50. The zero-order valence-corrected chi connectivity index (χ0v) is 11.6. The molecule has 0 aromatic carbocycles. The zero-order valence-electron chi connectivity index (χ0n) is 11.6. The maximum atomic E-state index is 5.35. The Bertz CT molecular complexity index is 453. The molecule has 0 bridgehead atoms. The number of rotatable bonds is 3. The SMILES string of the molecule is c1cc(N2CCOCC2)ncc1CNC1=NCCCN1. The molecule has 6 heteroatoms. The molecule has 0 spiro atoms. The Balaban J connectivity index is 1.54. The first-order valence-corrected chi connectivity index (χ1v) is 7.22. The summed E-state index contributed by atoms with van der Waals surface area (Å²) in [7, 11) is 0. The van der Waals surface area contributed by atoms with Crippen LogP contribution in [0.25, 0.3) is 0 Å². The van der Waals surface area contributed by atoms with Crippen molar-refractivity contribution in [3.8, 4) is 0 Å². The van der Waals surface area contributed by atoms with Gasteiger partial charge in [0.1, 0.15) is 5.82 Å². The lowest BCUT2D eigenvalue weighted by molar-refractivity contribution is 0.122. The number of pyridine rings is 1. The summed E-state index contributed by atoms with van der Waals surface area (Å²) in [4.78, 5) is 11.2. The molecule has 0 amide bonds. The summed E-state index contributed by atoms with van der Waals surface area (Å²) in [5.74, 6) is 1.93. The Morgan fingerprint density at radius 3 is 2.90 bits per heavy atom. The Labute approximate surface area is 119 Å². The van der Waals surface area contributed by atoms with E-state index < -0.39 is 0 Å². The van der Waals surface area contributed by atoms with Crippen molar-refractivity contribution in [2.45, 2.75) is 13.0 Å². The largest absolute Gasteiger partial charge is 0.378 e. The fraction of sp³-hybridized carbons (Fsp3) is 0.571. The normalized spacial score (nSPS) is 19.2. The van der Waals surface area contributed by atoms with E-state index in [0.29, 0.717) is 0 Å². The van der Waals surface area contributed by atoms with Crippen molar-refractivity contribution in [1.82, 2.24) is 15.6 Å². The lowest BCUT2D eigenvalue weighted by Gasteiger charge is -2.27. The summed E-state index contributed by atoms with van der Waals surface area (Å²) in [6.07, 6.45) is 3.04. The molecule has 20 heavy (non-hydrogen) atoms. The van der Waals surface area contributed by atoms with E-state index in [9.17, 15) is 0 Å². The molecule has 3 heterocycles. The number of nitrogens with zero attached hydrogens (tertiary/aromatic N) is 3. The van der Waals surface area contributed by atoms with Crippen LogP contribution in [0, 0.1) is 0 Å². The second-order valence-corrected chi connectivity index (χ2v) is 4.99. The van der Waals surface area contributed by atoms with Gasteiger partial charge in [0.15, 0.2) is 5.96 Å². The standard InChI is InChI=1S/C14H21N5O/c1-4-15-14(16-5-1)18-11-12-2-3-13(17-10-12)19-6-8-20-9-7-19/h2-3,10H,1,4-9,11H2,(H2,15,16,18). The van der Waals surface area contributed by atoms with Crippen molar-refractivity contribution < 1.29 is 4.74 Å². The van der Waals surface area contributed by atoms with Crippen LogP contribution in [0.5, 0.6) is 0 Å². The highest BCUT2D eigenvalue weighted by atomic mass is 16.5. The molecule has 108 valence electrons. The molecule has 0 saturated carbocycles. The van der Waals surface area contributed by atoms with Gasteiger partial charge in [-0.25, -0.2) is 4.98 Å². The van der Waals surface area contributed by atoms with Crippen molar-refractivity contribution in [2.24, 2.45) is 4.99 Å². The van der Waals surface area contributed by atoms with Gasteiger partial charge < -0.3 is 20.3 Å². The van der Waals surface area contributed by atoms with Gasteiger partial charge in [0.05, 0.1) is 13.2 Å². The predicted molar refractivity (Wildman–Crippen MR) is 79.0 cm³/mol. The van der Waals surface area contributed by atoms with Crippen LogP contribution < -0.4 is 15.5 Å². The van der Waals surface area contributed by atoms with E-state index in [0.717, 1.165) is 69.7 Å². The van der Waals surface area contributed by atoms with Crippen molar-refractivity contribution in [3.63, 3.8) is 0 Å². The second-order valence-electron chi connectivity index (χ2n) is 4.99. The second kappa shape index (κ2) is 6.56. The van der Waals surface area contributed by atoms with E-state index in [1.165, 1.54) is 0 Å². The molecule has 0 aliphatic carbocycles. The summed E-state index contributed by atoms with van der Waals surface area (Å²) in [6.45, 7) is 6.08. The lowest BCUT2D eigenvalue weighted by Crippen LogP contribution is -2.40. The number of aromatic nitrogens is 1. The molecule has 0 atom stereocenters. The van der Waals surface area contributed by atoms with Gasteiger partial charge in [-0.05, 0) is 18.1 Å². The van der Waals surface area contributed by atoms with Crippen LogP contribution in [0.3, 0.4) is 0 Å². The summed E-state index contributed by atoms with van der Waals surface area (Å²) in [6, 6.07) is 4.20. The van der Waals surface area contributed by atoms with E-state index in [1.807, 2.05) is 6.20 Å². The number of aliphatic imine (C=N–C) groups is 1. The van der Waals surface area contributed by atoms with Gasteiger partial charge in [0.2, 0.25) is 0 Å². The number of ether oxygens (including phenoxy) is 1. The van der Waals surface area contributed by atoms with Gasteiger partial charge in [-0.3, -0.25) is 4.99 Å². The first kappa shape index (κ1) is 13.2. The monoisotopic (exact) mass is 275 g/mol. The van der Waals surface area contributed by atoms with Crippen LogP contribution in [-0.4, -0.2) is 50.3 Å². The average Bonchev–Trinajstić information content (AvgIpc) is 2.55. The smallest absolute Gasteiger partial charge is 0.191 e. The Morgan fingerprint density at radius 1 is 1.30 bits per heavy atom. The number of hydrogen-bond donors (Lipinski definition) is 2. The van der Waals surface area contributed by atoms with Crippen molar-refractivity contribution in [1.29, 1.82) is 0 Å². The first-order valence-electron chi connectivity index (χ1n) is 7.22. The third kappa shape index (κ3) is 3.39. The molecule has 0 unspecified atom stereocenters. The molecule has 1 aromatic rings. The molecule has 1 fully saturated rings. The fourth-order valence-electron chi connectivity index (χ4n) is 2.34. The average molecular weight is 275 g/mol. The highest BCUT2D eigenvalue weighted by molar-refractivity contribution is 5.80. The van der Waals surface area contributed by atoms with Gasteiger partial charge in [-0.1, -0.05) is 6.07 Å². The number of hydrogen-bond acceptors (Lipinski definition) is 6. The highest BCUT2D eigenvalue weighted by Crippen LogP contribution is 2.12. The predicted octanol–water partition coefficient (Wildman–Crippen LogP) is 0.357. The number of guanidine groups is 1. The number of morpholine rings is 1.